The molecular formula is C9H16N2O. The predicted octanol–water partition coefficient (Wildman–Crippen LogP) is 1.31. The third-order valence-corrected chi connectivity index (χ3v) is 1.85. The zero-order valence-corrected chi connectivity index (χ0v) is 7.47. The van der Waals surface area contributed by atoms with Crippen molar-refractivity contribution in [2.24, 2.45) is 0 Å². The lowest BCUT2D eigenvalue weighted by Gasteiger charge is -2.13. The van der Waals surface area contributed by atoms with Crippen LogP contribution in [-0.2, 0) is 4.74 Å². The van der Waals surface area contributed by atoms with E-state index in [-0.39, 0.29) is 6.04 Å². The van der Waals surface area contributed by atoms with Crippen LogP contribution in [0.3, 0.4) is 0 Å². The molecule has 1 unspecified atom stereocenters. The van der Waals surface area contributed by atoms with E-state index in [4.69, 9.17) is 10.1 Å². The second-order valence-corrected chi connectivity index (χ2v) is 2.95. The smallest absolute Gasteiger partial charge is 0.0957 e. The summed E-state index contributed by atoms with van der Waals surface area (Å²) in [6.07, 6.45) is 5.78. The zero-order chi connectivity index (χ0) is 8.81. The average Bonchev–Trinajstić information content (AvgIpc) is 2.26. The Labute approximate surface area is 73.3 Å². The van der Waals surface area contributed by atoms with Crippen molar-refractivity contribution >= 4 is 5.84 Å². The summed E-state index contributed by atoms with van der Waals surface area (Å²) in [7, 11) is 0. The van der Waals surface area contributed by atoms with Gasteiger partial charge in [-0.3, -0.25) is 5.41 Å². The van der Waals surface area contributed by atoms with Gasteiger partial charge in [-0.1, -0.05) is 12.2 Å². The molecule has 0 spiro atoms. The highest BCUT2D eigenvalue weighted by molar-refractivity contribution is 5.79. The van der Waals surface area contributed by atoms with Gasteiger partial charge in [-0.2, -0.15) is 0 Å². The normalized spacial score (nSPS) is 25.4. The average molecular weight is 168 g/mol. The molecule has 3 nitrogen and oxygen atoms in total. The van der Waals surface area contributed by atoms with Gasteiger partial charge in [0.25, 0.3) is 0 Å². The molecule has 1 fully saturated rings. The minimum absolute atomic E-state index is 0.288. The van der Waals surface area contributed by atoms with Crippen LogP contribution in [-0.4, -0.2) is 25.1 Å². The number of hydrogen-bond donors (Lipinski definition) is 2. The number of rotatable bonds is 2. The molecule has 1 atom stereocenters. The lowest BCUT2D eigenvalue weighted by Crippen LogP contribution is -2.34. The van der Waals surface area contributed by atoms with Crippen LogP contribution in [0.4, 0.5) is 0 Å². The Morgan fingerprint density at radius 1 is 1.75 bits per heavy atom. The molecule has 2 N–H and O–H groups in total. The van der Waals surface area contributed by atoms with Crippen LogP contribution < -0.4 is 5.32 Å². The lowest BCUT2D eigenvalue weighted by atomic mass is 10.2. The topological polar surface area (TPSA) is 45.1 Å². The van der Waals surface area contributed by atoms with Crippen molar-refractivity contribution in [3.05, 3.63) is 12.2 Å². The van der Waals surface area contributed by atoms with Crippen molar-refractivity contribution in [1.82, 2.24) is 5.32 Å². The van der Waals surface area contributed by atoms with E-state index in [9.17, 15) is 0 Å². The first-order valence-electron chi connectivity index (χ1n) is 4.36. The minimum atomic E-state index is 0.288. The molecule has 1 aliphatic rings. The van der Waals surface area contributed by atoms with Crippen LogP contribution in [0, 0.1) is 5.41 Å². The molecule has 0 aromatic carbocycles. The second-order valence-electron chi connectivity index (χ2n) is 2.95. The van der Waals surface area contributed by atoms with Gasteiger partial charge in [0.05, 0.1) is 25.1 Å². The van der Waals surface area contributed by atoms with E-state index in [2.05, 4.69) is 11.4 Å². The Balaban J connectivity index is 2.35. The number of nitrogens with one attached hydrogen (secondary N) is 2. The number of amidine groups is 1. The minimum Gasteiger partial charge on any atom is -0.379 e. The summed E-state index contributed by atoms with van der Waals surface area (Å²) in [6, 6.07) is 0.288. The summed E-state index contributed by atoms with van der Waals surface area (Å²) >= 11 is 0. The van der Waals surface area contributed by atoms with E-state index in [1.54, 1.807) is 0 Å². The summed E-state index contributed by atoms with van der Waals surface area (Å²) in [4.78, 5) is 0. The summed E-state index contributed by atoms with van der Waals surface area (Å²) in [5.41, 5.74) is 0. The van der Waals surface area contributed by atoms with Crippen molar-refractivity contribution in [3.63, 3.8) is 0 Å². The highest BCUT2D eigenvalue weighted by Gasteiger charge is 2.12. The van der Waals surface area contributed by atoms with Crippen LogP contribution in [0.5, 0.6) is 0 Å². The number of hydrogen-bond acceptors (Lipinski definition) is 2. The monoisotopic (exact) mass is 168 g/mol. The van der Waals surface area contributed by atoms with Gasteiger partial charge in [0.15, 0.2) is 0 Å². The molecule has 0 aliphatic carbocycles. The summed E-state index contributed by atoms with van der Waals surface area (Å²) < 4.78 is 5.34. The molecule has 1 rings (SSSR count). The van der Waals surface area contributed by atoms with Crippen molar-refractivity contribution in [1.29, 1.82) is 5.41 Å². The number of allylic oxidation sites excluding steroid dienone is 1. The van der Waals surface area contributed by atoms with Crippen LogP contribution in [0.1, 0.15) is 19.8 Å². The zero-order valence-electron chi connectivity index (χ0n) is 7.47. The van der Waals surface area contributed by atoms with Crippen LogP contribution in [0.15, 0.2) is 12.2 Å². The Bertz CT molecular complexity index is 177. The van der Waals surface area contributed by atoms with Gasteiger partial charge in [0, 0.05) is 6.42 Å². The van der Waals surface area contributed by atoms with E-state index in [0.29, 0.717) is 25.5 Å². The fraction of sp³-hybridized carbons (Fsp3) is 0.667. The molecule has 0 saturated carbocycles. The SMILES string of the molecule is CC=CCC1COCCC(=N)N1. The van der Waals surface area contributed by atoms with E-state index in [1.807, 2.05) is 13.0 Å². The molecule has 68 valence electrons. The first-order chi connectivity index (χ1) is 5.83. The van der Waals surface area contributed by atoms with Crippen molar-refractivity contribution in [3.8, 4) is 0 Å². The first-order valence-corrected chi connectivity index (χ1v) is 4.36. The first kappa shape index (κ1) is 9.26. The van der Waals surface area contributed by atoms with Gasteiger partial charge in [0.1, 0.15) is 0 Å². The highest BCUT2D eigenvalue weighted by atomic mass is 16.5. The molecule has 0 aromatic rings. The molecule has 12 heavy (non-hydrogen) atoms. The Morgan fingerprint density at radius 2 is 2.58 bits per heavy atom. The third kappa shape index (κ3) is 3.05. The van der Waals surface area contributed by atoms with E-state index in [1.165, 1.54) is 0 Å². The van der Waals surface area contributed by atoms with E-state index < -0.39 is 0 Å². The maximum atomic E-state index is 7.48. The largest absolute Gasteiger partial charge is 0.379 e. The molecule has 1 aliphatic heterocycles. The predicted molar refractivity (Wildman–Crippen MR) is 49.5 cm³/mol. The Hall–Kier alpha value is -0.830. The molecule has 0 aromatic heterocycles. The fourth-order valence-electron chi connectivity index (χ4n) is 1.19. The van der Waals surface area contributed by atoms with Gasteiger partial charge in [-0.05, 0) is 13.3 Å². The van der Waals surface area contributed by atoms with Gasteiger partial charge < -0.3 is 10.1 Å². The quantitative estimate of drug-likeness (QED) is 0.610. The third-order valence-electron chi connectivity index (χ3n) is 1.85. The van der Waals surface area contributed by atoms with E-state index in [0.717, 1.165) is 6.42 Å². The maximum absolute atomic E-state index is 7.48. The second kappa shape index (κ2) is 4.93. The molecule has 3 heteroatoms. The van der Waals surface area contributed by atoms with Crippen molar-refractivity contribution < 1.29 is 4.74 Å². The molecule has 0 radical (unpaired) electrons. The Morgan fingerprint density at radius 3 is 3.33 bits per heavy atom. The summed E-state index contributed by atoms with van der Waals surface area (Å²) in [5, 5.41) is 10.6. The molecule has 1 heterocycles. The van der Waals surface area contributed by atoms with Gasteiger partial charge in [-0.25, -0.2) is 0 Å². The van der Waals surface area contributed by atoms with Gasteiger partial charge in [-0.15, -0.1) is 0 Å². The van der Waals surface area contributed by atoms with Gasteiger partial charge >= 0.3 is 0 Å². The maximum Gasteiger partial charge on any atom is 0.0957 e. The fourth-order valence-corrected chi connectivity index (χ4v) is 1.19. The summed E-state index contributed by atoms with van der Waals surface area (Å²) in [5.74, 6) is 0.599. The van der Waals surface area contributed by atoms with Crippen LogP contribution >= 0.6 is 0 Å². The van der Waals surface area contributed by atoms with E-state index >= 15 is 0 Å². The van der Waals surface area contributed by atoms with Crippen molar-refractivity contribution in [2.75, 3.05) is 13.2 Å². The molecule has 0 amide bonds. The number of ether oxygens (including phenoxy) is 1. The van der Waals surface area contributed by atoms with Crippen LogP contribution in [0.2, 0.25) is 0 Å². The van der Waals surface area contributed by atoms with Gasteiger partial charge in [0.2, 0.25) is 0 Å². The Kier molecular flexibility index (Phi) is 3.80. The van der Waals surface area contributed by atoms with Crippen molar-refractivity contribution in [2.45, 2.75) is 25.8 Å². The lowest BCUT2D eigenvalue weighted by molar-refractivity contribution is 0.132. The molecular weight excluding hydrogens is 152 g/mol. The highest BCUT2D eigenvalue weighted by Crippen LogP contribution is 2.01. The van der Waals surface area contributed by atoms with Crippen LogP contribution in [0.25, 0.3) is 0 Å². The summed E-state index contributed by atoms with van der Waals surface area (Å²) in [6.45, 7) is 3.40. The molecule has 1 saturated heterocycles. The standard InChI is InChI=1S/C9H16N2O/c1-2-3-4-8-7-12-6-5-9(10)11-8/h2-3,8H,4-7H2,1H3,(H2,10,11). The molecule has 0 bridgehead atoms.